The van der Waals surface area contributed by atoms with Gasteiger partial charge in [-0.3, -0.25) is 14.9 Å². The van der Waals surface area contributed by atoms with Crippen LogP contribution in [0.4, 0.5) is 5.69 Å². The molecule has 1 aromatic carbocycles. The Labute approximate surface area is 118 Å². The number of hydrogen-bond donors (Lipinski definition) is 2. The summed E-state index contributed by atoms with van der Waals surface area (Å²) in [6.07, 6.45) is 1.32. The van der Waals surface area contributed by atoms with Crippen molar-refractivity contribution in [2.75, 3.05) is 13.1 Å². The number of benzene rings is 1. The molecule has 0 saturated carbocycles. The zero-order valence-electron chi connectivity index (χ0n) is 11.9. The lowest BCUT2D eigenvalue weighted by atomic mass is 9.86. The molecule has 20 heavy (non-hydrogen) atoms. The number of nitrogens with zero attached hydrogens (tertiary/aromatic N) is 1. The van der Waals surface area contributed by atoms with Crippen LogP contribution < -0.4 is 11.1 Å². The molecule has 110 valence electrons. The Morgan fingerprint density at radius 3 is 2.45 bits per heavy atom. The van der Waals surface area contributed by atoms with Crippen LogP contribution in [-0.4, -0.2) is 23.9 Å². The molecule has 0 aliphatic heterocycles. The molecule has 6 heteroatoms. The van der Waals surface area contributed by atoms with Crippen LogP contribution in [0.2, 0.25) is 0 Å². The summed E-state index contributed by atoms with van der Waals surface area (Å²) >= 11 is 0. The van der Waals surface area contributed by atoms with E-state index in [1.165, 1.54) is 12.1 Å². The lowest BCUT2D eigenvalue weighted by Crippen LogP contribution is -2.44. The van der Waals surface area contributed by atoms with Crippen LogP contribution in [-0.2, 0) is 11.2 Å². The molecule has 1 atom stereocenters. The molecule has 0 heterocycles. The molecule has 0 bridgehead atoms. The van der Waals surface area contributed by atoms with E-state index in [1.54, 1.807) is 12.1 Å². The quantitative estimate of drug-likeness (QED) is 0.585. The number of nitro benzene ring substituents is 1. The van der Waals surface area contributed by atoms with Crippen LogP contribution >= 0.6 is 0 Å². The predicted molar refractivity (Wildman–Crippen MR) is 77.3 cm³/mol. The van der Waals surface area contributed by atoms with Crippen molar-refractivity contribution in [1.29, 1.82) is 0 Å². The highest BCUT2D eigenvalue weighted by atomic mass is 16.6. The summed E-state index contributed by atoms with van der Waals surface area (Å²) < 4.78 is 0. The van der Waals surface area contributed by atoms with Gasteiger partial charge in [0.15, 0.2) is 0 Å². The van der Waals surface area contributed by atoms with E-state index in [0.717, 1.165) is 5.56 Å². The van der Waals surface area contributed by atoms with Crippen molar-refractivity contribution < 1.29 is 9.72 Å². The SMILES string of the molecule is CCC(C)(CN)C(=O)NCCc1ccc([N+](=O)[O-])cc1. The molecule has 0 fully saturated rings. The fourth-order valence-corrected chi connectivity index (χ4v) is 1.72. The molecule has 1 aromatic rings. The first-order valence-electron chi connectivity index (χ1n) is 6.64. The topological polar surface area (TPSA) is 98.3 Å². The van der Waals surface area contributed by atoms with Crippen LogP contribution in [0.3, 0.4) is 0 Å². The Balaban J connectivity index is 2.48. The second-order valence-electron chi connectivity index (χ2n) is 5.05. The molecule has 0 saturated heterocycles. The Morgan fingerprint density at radius 1 is 1.40 bits per heavy atom. The summed E-state index contributed by atoms with van der Waals surface area (Å²) in [4.78, 5) is 22.1. The van der Waals surface area contributed by atoms with Gasteiger partial charge in [-0.15, -0.1) is 0 Å². The Morgan fingerprint density at radius 2 is 2.00 bits per heavy atom. The van der Waals surface area contributed by atoms with Crippen molar-refractivity contribution in [2.24, 2.45) is 11.1 Å². The summed E-state index contributed by atoms with van der Waals surface area (Å²) in [5.41, 5.74) is 6.10. The average molecular weight is 279 g/mol. The lowest BCUT2D eigenvalue weighted by Gasteiger charge is -2.24. The van der Waals surface area contributed by atoms with Crippen molar-refractivity contribution in [3.05, 3.63) is 39.9 Å². The molecule has 0 radical (unpaired) electrons. The number of nitro groups is 1. The Bertz CT molecular complexity index is 467. The molecule has 6 nitrogen and oxygen atoms in total. The molecule has 1 amide bonds. The zero-order valence-corrected chi connectivity index (χ0v) is 11.9. The summed E-state index contributed by atoms with van der Waals surface area (Å²) in [6, 6.07) is 6.33. The number of carbonyl (C=O) groups is 1. The number of carbonyl (C=O) groups excluding carboxylic acids is 1. The Kier molecular flexibility index (Phi) is 5.64. The Hall–Kier alpha value is -1.95. The maximum absolute atomic E-state index is 12.0. The number of hydrogen-bond acceptors (Lipinski definition) is 4. The summed E-state index contributed by atoms with van der Waals surface area (Å²) in [5, 5.41) is 13.4. The van der Waals surface area contributed by atoms with Crippen molar-refractivity contribution in [3.8, 4) is 0 Å². The van der Waals surface area contributed by atoms with E-state index in [4.69, 9.17) is 5.73 Å². The lowest BCUT2D eigenvalue weighted by molar-refractivity contribution is -0.384. The first-order valence-corrected chi connectivity index (χ1v) is 6.64. The molecule has 0 aliphatic rings. The molecule has 0 aliphatic carbocycles. The molecular weight excluding hydrogens is 258 g/mol. The van der Waals surface area contributed by atoms with Crippen molar-refractivity contribution in [1.82, 2.24) is 5.32 Å². The van der Waals surface area contributed by atoms with Gasteiger partial charge in [0.2, 0.25) is 5.91 Å². The van der Waals surface area contributed by atoms with Crippen LogP contribution in [0.15, 0.2) is 24.3 Å². The molecular formula is C14H21N3O3. The van der Waals surface area contributed by atoms with Gasteiger partial charge in [-0.25, -0.2) is 0 Å². The van der Waals surface area contributed by atoms with E-state index in [9.17, 15) is 14.9 Å². The second kappa shape index (κ2) is 7.00. The summed E-state index contributed by atoms with van der Waals surface area (Å²) in [6.45, 7) is 4.58. The van der Waals surface area contributed by atoms with E-state index in [-0.39, 0.29) is 11.6 Å². The van der Waals surface area contributed by atoms with Crippen LogP contribution in [0.1, 0.15) is 25.8 Å². The van der Waals surface area contributed by atoms with Crippen molar-refractivity contribution in [2.45, 2.75) is 26.7 Å². The first kappa shape index (κ1) is 16.1. The minimum absolute atomic E-state index is 0.0515. The van der Waals surface area contributed by atoms with Gasteiger partial charge < -0.3 is 11.1 Å². The molecule has 1 unspecified atom stereocenters. The predicted octanol–water partition coefficient (Wildman–Crippen LogP) is 1.63. The average Bonchev–Trinajstić information content (AvgIpc) is 2.46. The molecule has 0 spiro atoms. The summed E-state index contributed by atoms with van der Waals surface area (Å²) in [7, 11) is 0. The normalized spacial score (nSPS) is 13.6. The van der Waals surface area contributed by atoms with Gasteiger partial charge in [-0.1, -0.05) is 19.1 Å². The zero-order chi connectivity index (χ0) is 15.2. The van der Waals surface area contributed by atoms with Crippen LogP contribution in [0, 0.1) is 15.5 Å². The largest absolute Gasteiger partial charge is 0.355 e. The van der Waals surface area contributed by atoms with E-state index >= 15 is 0 Å². The van der Waals surface area contributed by atoms with Crippen LogP contribution in [0.5, 0.6) is 0 Å². The second-order valence-corrected chi connectivity index (χ2v) is 5.05. The minimum Gasteiger partial charge on any atom is -0.355 e. The maximum atomic E-state index is 12.0. The minimum atomic E-state index is -0.532. The highest BCUT2D eigenvalue weighted by Crippen LogP contribution is 2.19. The van der Waals surface area contributed by atoms with E-state index < -0.39 is 10.3 Å². The van der Waals surface area contributed by atoms with Gasteiger partial charge >= 0.3 is 0 Å². The maximum Gasteiger partial charge on any atom is 0.269 e. The van der Waals surface area contributed by atoms with Gasteiger partial charge in [-0.2, -0.15) is 0 Å². The fourth-order valence-electron chi connectivity index (χ4n) is 1.72. The third-order valence-corrected chi connectivity index (χ3v) is 3.63. The number of nitrogens with one attached hydrogen (secondary N) is 1. The third-order valence-electron chi connectivity index (χ3n) is 3.63. The molecule has 0 aromatic heterocycles. The van der Waals surface area contributed by atoms with Gasteiger partial charge in [0.25, 0.3) is 5.69 Å². The monoisotopic (exact) mass is 279 g/mol. The summed E-state index contributed by atoms with van der Waals surface area (Å²) in [5.74, 6) is -0.0515. The smallest absolute Gasteiger partial charge is 0.269 e. The van der Waals surface area contributed by atoms with E-state index in [2.05, 4.69) is 5.32 Å². The van der Waals surface area contributed by atoms with Crippen LogP contribution in [0.25, 0.3) is 0 Å². The van der Waals surface area contributed by atoms with Gasteiger partial charge in [-0.05, 0) is 25.3 Å². The molecule has 1 rings (SSSR count). The van der Waals surface area contributed by atoms with E-state index in [1.807, 2.05) is 13.8 Å². The third kappa shape index (κ3) is 4.03. The van der Waals surface area contributed by atoms with Gasteiger partial charge in [0.1, 0.15) is 0 Å². The highest BCUT2D eigenvalue weighted by molar-refractivity contribution is 5.82. The standard InChI is InChI=1S/C14H21N3O3/c1-3-14(2,10-15)13(18)16-9-8-11-4-6-12(7-5-11)17(19)20/h4-7H,3,8-10,15H2,1-2H3,(H,16,18). The fraction of sp³-hybridized carbons (Fsp3) is 0.500. The van der Waals surface area contributed by atoms with Gasteiger partial charge in [0, 0.05) is 25.2 Å². The van der Waals surface area contributed by atoms with Crippen molar-refractivity contribution in [3.63, 3.8) is 0 Å². The number of rotatable bonds is 7. The number of nitrogens with two attached hydrogens (primary N) is 1. The number of non-ortho nitro benzene ring substituents is 1. The van der Waals surface area contributed by atoms with Gasteiger partial charge in [0.05, 0.1) is 10.3 Å². The first-order chi connectivity index (χ1) is 9.42. The number of amides is 1. The highest BCUT2D eigenvalue weighted by Gasteiger charge is 2.28. The van der Waals surface area contributed by atoms with Crippen molar-refractivity contribution >= 4 is 11.6 Å². The molecule has 3 N–H and O–H groups in total. The van der Waals surface area contributed by atoms with E-state index in [0.29, 0.717) is 25.9 Å².